The molecule has 0 aliphatic carbocycles. The van der Waals surface area contributed by atoms with Crippen LogP contribution in [-0.2, 0) is 6.54 Å². The van der Waals surface area contributed by atoms with Crippen LogP contribution >= 0.6 is 11.8 Å². The number of hydrogen-bond acceptors (Lipinski definition) is 7. The van der Waals surface area contributed by atoms with E-state index in [0.29, 0.717) is 23.1 Å². The Morgan fingerprint density at radius 3 is 2.84 bits per heavy atom. The van der Waals surface area contributed by atoms with Crippen LogP contribution in [0.4, 0.5) is 0 Å². The number of thioether (sulfide) groups is 1. The van der Waals surface area contributed by atoms with Crippen LogP contribution in [-0.4, -0.2) is 41.5 Å². The minimum absolute atomic E-state index is 0.0118. The van der Waals surface area contributed by atoms with Crippen molar-refractivity contribution in [3.05, 3.63) is 47.5 Å². The van der Waals surface area contributed by atoms with Crippen molar-refractivity contribution in [1.82, 2.24) is 29.9 Å². The SMILES string of the molecule is C=CCn1nnnc1SCC(=O)c1cc(C)n(-c2cc(C)on2)c1C. The standard InChI is InChI=1S/C16H18N6O2S/c1-5-6-21-16(17-19-20-21)25-9-14(23)13-7-10(2)22(12(13)4)15-8-11(3)24-18-15/h5,7-8H,1,6,9H2,2-4H3. The van der Waals surface area contributed by atoms with E-state index in [1.54, 1.807) is 10.8 Å². The summed E-state index contributed by atoms with van der Waals surface area (Å²) < 4.78 is 8.65. The summed E-state index contributed by atoms with van der Waals surface area (Å²) in [5.41, 5.74) is 2.42. The molecule has 0 aromatic carbocycles. The van der Waals surface area contributed by atoms with Gasteiger partial charge in [0.05, 0.1) is 12.3 Å². The van der Waals surface area contributed by atoms with Crippen molar-refractivity contribution in [2.75, 3.05) is 5.75 Å². The van der Waals surface area contributed by atoms with E-state index >= 15 is 0 Å². The number of nitrogens with zero attached hydrogens (tertiary/aromatic N) is 6. The lowest BCUT2D eigenvalue weighted by atomic mass is 10.2. The Balaban J connectivity index is 1.79. The van der Waals surface area contributed by atoms with Crippen LogP contribution in [0.3, 0.4) is 0 Å². The van der Waals surface area contributed by atoms with Gasteiger partial charge < -0.3 is 4.52 Å². The summed E-state index contributed by atoms with van der Waals surface area (Å²) in [6.45, 7) is 9.84. The molecule has 0 unspecified atom stereocenters. The summed E-state index contributed by atoms with van der Waals surface area (Å²) in [6.07, 6.45) is 1.70. The van der Waals surface area contributed by atoms with Crippen LogP contribution < -0.4 is 0 Å². The minimum Gasteiger partial charge on any atom is -0.360 e. The molecular formula is C16H18N6O2S. The molecule has 3 aromatic rings. The molecule has 0 bridgehead atoms. The number of allylic oxidation sites excluding steroid dienone is 1. The fourth-order valence-corrected chi connectivity index (χ4v) is 3.37. The van der Waals surface area contributed by atoms with Gasteiger partial charge in [0.25, 0.3) is 0 Å². The lowest BCUT2D eigenvalue weighted by molar-refractivity contribution is 0.102. The molecule has 0 saturated heterocycles. The smallest absolute Gasteiger partial charge is 0.210 e. The maximum Gasteiger partial charge on any atom is 0.210 e. The van der Waals surface area contributed by atoms with Gasteiger partial charge in [-0.15, -0.1) is 11.7 Å². The molecule has 0 aliphatic rings. The van der Waals surface area contributed by atoms with Crippen molar-refractivity contribution in [2.45, 2.75) is 32.5 Å². The van der Waals surface area contributed by atoms with Gasteiger partial charge in [0.2, 0.25) is 5.16 Å². The highest BCUT2D eigenvalue weighted by Crippen LogP contribution is 2.23. The fourth-order valence-electron chi connectivity index (χ4n) is 2.60. The Kier molecular flexibility index (Phi) is 4.84. The summed E-state index contributed by atoms with van der Waals surface area (Å²) in [6, 6.07) is 3.71. The number of ketones is 1. The van der Waals surface area contributed by atoms with Gasteiger partial charge in [0, 0.05) is 23.0 Å². The predicted octanol–water partition coefficient (Wildman–Crippen LogP) is 2.54. The molecule has 0 atom stereocenters. The summed E-state index contributed by atoms with van der Waals surface area (Å²) >= 11 is 1.31. The third-order valence-electron chi connectivity index (χ3n) is 3.71. The molecule has 130 valence electrons. The van der Waals surface area contributed by atoms with Crippen molar-refractivity contribution in [3.63, 3.8) is 0 Å². The van der Waals surface area contributed by atoms with Gasteiger partial charge in [0.15, 0.2) is 11.6 Å². The number of carbonyl (C=O) groups excluding carboxylic acids is 1. The lowest BCUT2D eigenvalue weighted by Crippen LogP contribution is -2.07. The largest absolute Gasteiger partial charge is 0.360 e. The predicted molar refractivity (Wildman–Crippen MR) is 93.1 cm³/mol. The van der Waals surface area contributed by atoms with Crippen LogP contribution in [0.5, 0.6) is 0 Å². The van der Waals surface area contributed by atoms with Gasteiger partial charge in [0.1, 0.15) is 5.76 Å². The summed E-state index contributed by atoms with van der Waals surface area (Å²) in [5.74, 6) is 1.66. The Morgan fingerprint density at radius 2 is 2.16 bits per heavy atom. The maximum absolute atomic E-state index is 12.7. The zero-order valence-electron chi connectivity index (χ0n) is 14.3. The van der Waals surface area contributed by atoms with E-state index in [4.69, 9.17) is 4.52 Å². The Bertz CT molecular complexity index is 923. The van der Waals surface area contributed by atoms with Gasteiger partial charge in [-0.2, -0.15) is 0 Å². The normalized spacial score (nSPS) is 11.0. The monoisotopic (exact) mass is 358 g/mol. The second-order valence-corrected chi connectivity index (χ2v) is 6.50. The van der Waals surface area contributed by atoms with Crippen LogP contribution in [0.25, 0.3) is 5.82 Å². The van der Waals surface area contributed by atoms with Gasteiger partial charge in [-0.25, -0.2) is 4.68 Å². The third kappa shape index (κ3) is 3.41. The first-order valence-corrected chi connectivity index (χ1v) is 8.65. The summed E-state index contributed by atoms with van der Waals surface area (Å²) in [4.78, 5) is 12.7. The fraction of sp³-hybridized carbons (Fsp3) is 0.312. The summed E-state index contributed by atoms with van der Waals surface area (Å²) in [7, 11) is 0. The van der Waals surface area contributed by atoms with E-state index in [-0.39, 0.29) is 11.5 Å². The highest BCUT2D eigenvalue weighted by molar-refractivity contribution is 7.99. The topological polar surface area (TPSA) is 91.6 Å². The van der Waals surface area contributed by atoms with Crippen molar-refractivity contribution >= 4 is 17.5 Å². The second kappa shape index (κ2) is 7.06. The zero-order chi connectivity index (χ0) is 18.0. The average Bonchev–Trinajstić information content (AvgIpc) is 3.26. The van der Waals surface area contributed by atoms with Crippen molar-refractivity contribution in [1.29, 1.82) is 0 Å². The molecule has 25 heavy (non-hydrogen) atoms. The minimum atomic E-state index is 0.0118. The van der Waals surface area contributed by atoms with Crippen LogP contribution in [0.1, 0.15) is 27.5 Å². The van der Waals surface area contributed by atoms with Gasteiger partial charge in [-0.3, -0.25) is 9.36 Å². The van der Waals surface area contributed by atoms with E-state index in [2.05, 4.69) is 27.3 Å². The van der Waals surface area contributed by atoms with E-state index < -0.39 is 0 Å². The van der Waals surface area contributed by atoms with Crippen LogP contribution in [0.2, 0.25) is 0 Å². The molecule has 0 spiro atoms. The Hall–Kier alpha value is -2.68. The molecule has 3 heterocycles. The van der Waals surface area contributed by atoms with Crippen molar-refractivity contribution in [3.8, 4) is 5.82 Å². The molecular weight excluding hydrogens is 340 g/mol. The van der Waals surface area contributed by atoms with Gasteiger partial charge >= 0.3 is 0 Å². The van der Waals surface area contributed by atoms with E-state index in [0.717, 1.165) is 17.1 Å². The van der Waals surface area contributed by atoms with Crippen molar-refractivity contribution in [2.24, 2.45) is 0 Å². The van der Waals surface area contributed by atoms with E-state index in [1.165, 1.54) is 11.8 Å². The molecule has 9 heteroatoms. The zero-order valence-corrected chi connectivity index (χ0v) is 15.1. The molecule has 0 fully saturated rings. The molecule has 3 rings (SSSR count). The van der Waals surface area contributed by atoms with Crippen LogP contribution in [0, 0.1) is 20.8 Å². The first-order valence-electron chi connectivity index (χ1n) is 7.67. The number of aromatic nitrogens is 6. The molecule has 0 amide bonds. The number of aryl methyl sites for hydroxylation is 2. The molecule has 0 radical (unpaired) electrons. The molecule has 0 aliphatic heterocycles. The maximum atomic E-state index is 12.7. The number of rotatable bonds is 7. The number of Topliss-reactive ketones (excluding diaryl/α,β-unsaturated/α-hetero) is 1. The molecule has 8 nitrogen and oxygen atoms in total. The number of hydrogen-bond donors (Lipinski definition) is 0. The Labute approximate surface area is 148 Å². The highest BCUT2D eigenvalue weighted by atomic mass is 32.2. The molecule has 3 aromatic heterocycles. The number of carbonyl (C=O) groups is 1. The van der Waals surface area contributed by atoms with E-state index in [9.17, 15) is 4.79 Å². The summed E-state index contributed by atoms with van der Waals surface area (Å²) in [5, 5.41) is 16.0. The van der Waals surface area contributed by atoms with Gasteiger partial charge in [-0.05, 0) is 37.3 Å². The third-order valence-corrected chi connectivity index (χ3v) is 4.67. The molecule has 0 N–H and O–H groups in total. The molecule has 0 saturated carbocycles. The van der Waals surface area contributed by atoms with Gasteiger partial charge in [-0.1, -0.05) is 23.0 Å². The quantitative estimate of drug-likeness (QED) is 0.364. The first-order chi connectivity index (χ1) is 12.0. The van der Waals surface area contributed by atoms with Crippen LogP contribution in [0.15, 0.2) is 34.5 Å². The Morgan fingerprint density at radius 1 is 1.36 bits per heavy atom. The second-order valence-electron chi connectivity index (χ2n) is 5.56. The number of tetrazole rings is 1. The van der Waals surface area contributed by atoms with E-state index in [1.807, 2.05) is 37.5 Å². The van der Waals surface area contributed by atoms with Crippen molar-refractivity contribution < 1.29 is 9.32 Å². The average molecular weight is 358 g/mol. The lowest BCUT2D eigenvalue weighted by Gasteiger charge is -2.05. The first kappa shape index (κ1) is 17.2. The highest BCUT2D eigenvalue weighted by Gasteiger charge is 2.19.